The SMILES string of the molecule is CCN(CC(N)=O)S(=O)(=O)c1cnc(Cl)nc1. The lowest BCUT2D eigenvalue weighted by Gasteiger charge is -2.18. The molecule has 9 heteroatoms. The smallest absolute Gasteiger partial charge is 0.246 e. The Hall–Kier alpha value is -1.25. The second-order valence-corrected chi connectivity index (χ2v) is 5.36. The number of sulfonamides is 1. The van der Waals surface area contributed by atoms with E-state index >= 15 is 0 Å². The van der Waals surface area contributed by atoms with E-state index < -0.39 is 15.9 Å². The molecule has 0 aliphatic carbocycles. The number of nitrogens with two attached hydrogens (primary N) is 1. The minimum absolute atomic E-state index is 0.0538. The van der Waals surface area contributed by atoms with Crippen molar-refractivity contribution in [2.75, 3.05) is 13.1 Å². The summed E-state index contributed by atoms with van der Waals surface area (Å²) < 4.78 is 24.9. The first-order valence-corrected chi connectivity index (χ1v) is 6.45. The van der Waals surface area contributed by atoms with Gasteiger partial charge in [0.1, 0.15) is 4.90 Å². The van der Waals surface area contributed by atoms with Crippen molar-refractivity contribution in [1.29, 1.82) is 0 Å². The van der Waals surface area contributed by atoms with Crippen LogP contribution in [0.25, 0.3) is 0 Å². The first-order chi connectivity index (χ1) is 7.87. The van der Waals surface area contributed by atoms with Crippen molar-refractivity contribution in [3.05, 3.63) is 17.7 Å². The van der Waals surface area contributed by atoms with Crippen LogP contribution < -0.4 is 5.73 Å². The van der Waals surface area contributed by atoms with Crippen LogP contribution in [-0.2, 0) is 14.8 Å². The van der Waals surface area contributed by atoms with Crippen molar-refractivity contribution in [2.45, 2.75) is 11.8 Å². The van der Waals surface area contributed by atoms with Gasteiger partial charge in [0, 0.05) is 6.54 Å². The third-order valence-electron chi connectivity index (χ3n) is 1.92. The summed E-state index contributed by atoms with van der Waals surface area (Å²) in [4.78, 5) is 17.8. The van der Waals surface area contributed by atoms with Gasteiger partial charge in [0.15, 0.2) is 0 Å². The highest BCUT2D eigenvalue weighted by Gasteiger charge is 2.25. The van der Waals surface area contributed by atoms with E-state index in [4.69, 9.17) is 17.3 Å². The molecule has 0 aliphatic rings. The predicted octanol–water partition coefficient (Wildman–Crippen LogP) is -0.374. The van der Waals surface area contributed by atoms with Gasteiger partial charge in [0.2, 0.25) is 21.2 Å². The number of rotatable bonds is 5. The van der Waals surface area contributed by atoms with Crippen LogP contribution in [0.1, 0.15) is 6.92 Å². The predicted molar refractivity (Wildman–Crippen MR) is 60.7 cm³/mol. The van der Waals surface area contributed by atoms with Gasteiger partial charge in [-0.3, -0.25) is 4.79 Å². The molecule has 0 saturated heterocycles. The van der Waals surface area contributed by atoms with Gasteiger partial charge < -0.3 is 5.73 Å². The maximum atomic E-state index is 12.0. The summed E-state index contributed by atoms with van der Waals surface area (Å²) in [5, 5.41) is -0.0538. The van der Waals surface area contributed by atoms with Crippen molar-refractivity contribution in [1.82, 2.24) is 14.3 Å². The van der Waals surface area contributed by atoms with Crippen molar-refractivity contribution in [3.8, 4) is 0 Å². The van der Waals surface area contributed by atoms with E-state index in [2.05, 4.69) is 9.97 Å². The molecule has 7 nitrogen and oxygen atoms in total. The van der Waals surface area contributed by atoms with E-state index in [0.717, 1.165) is 16.7 Å². The topological polar surface area (TPSA) is 106 Å². The summed E-state index contributed by atoms with van der Waals surface area (Å²) in [6.07, 6.45) is 2.16. The average molecular weight is 279 g/mol. The molecule has 1 heterocycles. The van der Waals surface area contributed by atoms with Crippen LogP contribution in [0.4, 0.5) is 0 Å². The Kier molecular flexibility index (Phi) is 4.38. The fourth-order valence-electron chi connectivity index (χ4n) is 1.12. The molecule has 0 unspecified atom stereocenters. The Morgan fingerprint density at radius 3 is 2.41 bits per heavy atom. The lowest BCUT2D eigenvalue weighted by molar-refractivity contribution is -0.118. The van der Waals surface area contributed by atoms with E-state index in [-0.39, 0.29) is 23.3 Å². The van der Waals surface area contributed by atoms with Crippen LogP contribution in [-0.4, -0.2) is 41.7 Å². The number of hydrogen-bond acceptors (Lipinski definition) is 5. The zero-order chi connectivity index (χ0) is 13.1. The number of carbonyl (C=O) groups is 1. The first-order valence-electron chi connectivity index (χ1n) is 4.64. The molecular formula is C8H11ClN4O3S. The number of carbonyl (C=O) groups excluding carboxylic acids is 1. The molecule has 1 aromatic heterocycles. The van der Waals surface area contributed by atoms with Gasteiger partial charge in [-0.15, -0.1) is 0 Å². The molecule has 94 valence electrons. The van der Waals surface area contributed by atoms with Gasteiger partial charge in [-0.1, -0.05) is 6.92 Å². The Labute approximate surface area is 104 Å². The van der Waals surface area contributed by atoms with Gasteiger partial charge in [-0.2, -0.15) is 4.31 Å². The number of halogens is 1. The molecular weight excluding hydrogens is 268 g/mol. The fraction of sp³-hybridized carbons (Fsp3) is 0.375. The zero-order valence-electron chi connectivity index (χ0n) is 9.00. The summed E-state index contributed by atoms with van der Waals surface area (Å²) in [5.74, 6) is -0.731. The molecule has 1 aromatic rings. The van der Waals surface area contributed by atoms with Crippen molar-refractivity contribution in [2.24, 2.45) is 5.73 Å². The molecule has 0 aromatic carbocycles. The Bertz CT molecular complexity index is 502. The highest BCUT2D eigenvalue weighted by atomic mass is 35.5. The van der Waals surface area contributed by atoms with E-state index in [9.17, 15) is 13.2 Å². The number of nitrogens with zero attached hydrogens (tertiary/aromatic N) is 3. The van der Waals surface area contributed by atoms with Crippen LogP contribution in [0.15, 0.2) is 17.3 Å². The van der Waals surface area contributed by atoms with Crippen molar-refractivity contribution in [3.63, 3.8) is 0 Å². The summed E-state index contributed by atoms with van der Waals surface area (Å²) in [7, 11) is -3.81. The number of primary amides is 1. The van der Waals surface area contributed by atoms with Gasteiger partial charge in [0.05, 0.1) is 18.9 Å². The molecule has 0 radical (unpaired) electrons. The lowest BCUT2D eigenvalue weighted by atomic mass is 10.6. The molecule has 1 amide bonds. The number of likely N-dealkylation sites (N-methyl/N-ethyl adjacent to an activating group) is 1. The van der Waals surface area contributed by atoms with E-state index in [1.807, 2.05) is 0 Å². The van der Waals surface area contributed by atoms with Gasteiger partial charge in [0.25, 0.3) is 0 Å². The zero-order valence-corrected chi connectivity index (χ0v) is 10.6. The average Bonchev–Trinajstić information content (AvgIpc) is 2.26. The largest absolute Gasteiger partial charge is 0.369 e. The molecule has 0 saturated carbocycles. The second kappa shape index (κ2) is 5.39. The summed E-state index contributed by atoms with van der Waals surface area (Å²) in [6.45, 7) is 1.33. The maximum absolute atomic E-state index is 12.0. The lowest BCUT2D eigenvalue weighted by Crippen LogP contribution is -2.38. The Morgan fingerprint density at radius 1 is 1.47 bits per heavy atom. The molecule has 2 N–H and O–H groups in total. The van der Waals surface area contributed by atoms with Crippen molar-refractivity contribution >= 4 is 27.5 Å². The standard InChI is InChI=1S/C8H11ClN4O3S/c1-2-13(5-7(10)14)17(15,16)6-3-11-8(9)12-4-6/h3-4H,2,5H2,1H3,(H2,10,14). The number of hydrogen-bond donors (Lipinski definition) is 1. The van der Waals surface area contributed by atoms with Gasteiger partial charge in [-0.05, 0) is 11.6 Å². The van der Waals surface area contributed by atoms with Crippen molar-refractivity contribution < 1.29 is 13.2 Å². The molecule has 0 bridgehead atoms. The number of amides is 1. The highest BCUT2D eigenvalue weighted by Crippen LogP contribution is 2.13. The van der Waals surface area contributed by atoms with E-state index in [1.165, 1.54) is 0 Å². The first kappa shape index (κ1) is 13.8. The minimum Gasteiger partial charge on any atom is -0.369 e. The fourth-order valence-corrected chi connectivity index (χ4v) is 2.53. The van der Waals surface area contributed by atoms with Crippen LogP contribution in [0.2, 0.25) is 5.28 Å². The second-order valence-electron chi connectivity index (χ2n) is 3.09. The normalized spacial score (nSPS) is 11.7. The summed E-state index contributed by atoms with van der Waals surface area (Å²) in [6, 6.07) is 0. The van der Waals surface area contributed by atoms with Gasteiger partial charge in [-0.25, -0.2) is 18.4 Å². The molecule has 0 spiro atoms. The van der Waals surface area contributed by atoms with Crippen LogP contribution in [0, 0.1) is 0 Å². The van der Waals surface area contributed by atoms with Crippen LogP contribution >= 0.6 is 11.6 Å². The number of aromatic nitrogens is 2. The summed E-state index contributed by atoms with van der Waals surface area (Å²) in [5.41, 5.74) is 4.97. The van der Waals surface area contributed by atoms with E-state index in [0.29, 0.717) is 0 Å². The molecule has 0 aliphatic heterocycles. The molecule has 1 rings (SSSR count). The van der Waals surface area contributed by atoms with Crippen LogP contribution in [0.5, 0.6) is 0 Å². The third-order valence-corrected chi connectivity index (χ3v) is 3.99. The minimum atomic E-state index is -3.81. The molecule has 0 fully saturated rings. The van der Waals surface area contributed by atoms with Gasteiger partial charge >= 0.3 is 0 Å². The highest BCUT2D eigenvalue weighted by molar-refractivity contribution is 7.89. The maximum Gasteiger partial charge on any atom is 0.246 e. The summed E-state index contributed by atoms with van der Waals surface area (Å²) >= 11 is 5.45. The quantitative estimate of drug-likeness (QED) is 0.739. The molecule has 0 atom stereocenters. The monoisotopic (exact) mass is 278 g/mol. The van der Waals surface area contributed by atoms with Crippen LogP contribution in [0.3, 0.4) is 0 Å². The van der Waals surface area contributed by atoms with E-state index in [1.54, 1.807) is 6.92 Å². The molecule has 17 heavy (non-hydrogen) atoms. The third kappa shape index (κ3) is 3.35. The Balaban J connectivity index is 3.08. The Morgan fingerprint density at radius 2 is 2.00 bits per heavy atom.